The number of hydrogen-bond donors (Lipinski definition) is 2. The third kappa shape index (κ3) is 2.82. The van der Waals surface area contributed by atoms with Gasteiger partial charge in [-0.15, -0.1) is 10.2 Å². The highest BCUT2D eigenvalue weighted by Crippen LogP contribution is 2.19. The van der Waals surface area contributed by atoms with Crippen molar-refractivity contribution >= 4 is 27.4 Å². The van der Waals surface area contributed by atoms with Crippen molar-refractivity contribution in [2.45, 2.75) is 26.2 Å². The number of hydrogen-bond acceptors (Lipinski definition) is 4. The zero-order chi connectivity index (χ0) is 13.8. The zero-order valence-electron chi connectivity index (χ0n) is 11.5. The molecule has 5 heteroatoms. The number of para-hydroxylation sites is 1. The van der Waals surface area contributed by atoms with E-state index in [1.165, 1.54) is 16.5 Å². The minimum Gasteiger partial charge on any atom is -0.361 e. The predicted molar refractivity (Wildman–Crippen MR) is 84.4 cm³/mol. The number of aromatic amines is 1. The minimum atomic E-state index is 0.878. The van der Waals surface area contributed by atoms with Gasteiger partial charge < -0.3 is 10.3 Å². The van der Waals surface area contributed by atoms with Crippen LogP contribution in [-0.2, 0) is 12.8 Å². The fourth-order valence-corrected chi connectivity index (χ4v) is 3.15. The van der Waals surface area contributed by atoms with E-state index in [1.807, 2.05) is 0 Å². The van der Waals surface area contributed by atoms with E-state index in [0.29, 0.717) is 0 Å². The molecule has 0 radical (unpaired) electrons. The Labute approximate surface area is 122 Å². The Morgan fingerprint density at radius 2 is 2.10 bits per heavy atom. The van der Waals surface area contributed by atoms with Gasteiger partial charge in [0.25, 0.3) is 0 Å². The minimum absolute atomic E-state index is 0.878. The van der Waals surface area contributed by atoms with E-state index in [-0.39, 0.29) is 0 Å². The van der Waals surface area contributed by atoms with Crippen molar-refractivity contribution in [3.05, 3.63) is 41.0 Å². The topological polar surface area (TPSA) is 53.6 Å². The van der Waals surface area contributed by atoms with Crippen molar-refractivity contribution in [3.63, 3.8) is 0 Å². The van der Waals surface area contributed by atoms with Gasteiger partial charge >= 0.3 is 0 Å². The van der Waals surface area contributed by atoms with E-state index < -0.39 is 0 Å². The van der Waals surface area contributed by atoms with E-state index in [9.17, 15) is 0 Å². The first kappa shape index (κ1) is 13.1. The molecule has 0 aliphatic rings. The highest BCUT2D eigenvalue weighted by atomic mass is 32.1. The molecule has 0 bridgehead atoms. The van der Waals surface area contributed by atoms with Crippen LogP contribution in [0.25, 0.3) is 10.9 Å². The summed E-state index contributed by atoms with van der Waals surface area (Å²) in [4.78, 5) is 3.30. The van der Waals surface area contributed by atoms with Crippen LogP contribution in [0.15, 0.2) is 30.5 Å². The molecule has 3 aromatic rings. The molecule has 0 saturated carbocycles. The fourth-order valence-electron chi connectivity index (χ4n) is 2.28. The summed E-state index contributed by atoms with van der Waals surface area (Å²) in [5.74, 6) is 0. The molecule has 0 atom stereocenters. The van der Waals surface area contributed by atoms with Crippen molar-refractivity contribution in [1.29, 1.82) is 0 Å². The first-order valence-electron chi connectivity index (χ1n) is 6.98. The molecule has 0 unspecified atom stereocenters. The Kier molecular flexibility index (Phi) is 3.97. The molecular weight excluding hydrogens is 268 g/mol. The molecule has 2 heterocycles. The second-order valence-electron chi connectivity index (χ2n) is 4.79. The van der Waals surface area contributed by atoms with Crippen LogP contribution in [0.4, 0.5) is 5.13 Å². The van der Waals surface area contributed by atoms with Gasteiger partial charge in [0.05, 0.1) is 0 Å². The van der Waals surface area contributed by atoms with Crippen LogP contribution >= 0.6 is 11.3 Å². The molecule has 0 amide bonds. The number of benzene rings is 1. The second-order valence-corrected chi connectivity index (χ2v) is 5.85. The number of rotatable bonds is 6. The van der Waals surface area contributed by atoms with E-state index >= 15 is 0 Å². The van der Waals surface area contributed by atoms with Crippen LogP contribution in [0.3, 0.4) is 0 Å². The Bertz CT molecular complexity index is 686. The lowest BCUT2D eigenvalue weighted by Gasteiger charge is -2.01. The molecule has 1 aromatic carbocycles. The van der Waals surface area contributed by atoms with Gasteiger partial charge in [-0.25, -0.2) is 0 Å². The summed E-state index contributed by atoms with van der Waals surface area (Å²) in [5.41, 5.74) is 2.54. The largest absolute Gasteiger partial charge is 0.361 e. The number of aryl methyl sites for hydroxylation is 1. The van der Waals surface area contributed by atoms with E-state index in [1.54, 1.807) is 11.3 Å². The van der Waals surface area contributed by atoms with E-state index in [2.05, 4.69) is 57.9 Å². The average molecular weight is 286 g/mol. The molecule has 4 nitrogen and oxygen atoms in total. The Hall–Kier alpha value is -1.88. The van der Waals surface area contributed by atoms with Gasteiger partial charge in [0.1, 0.15) is 5.01 Å². The summed E-state index contributed by atoms with van der Waals surface area (Å²) >= 11 is 1.66. The SMILES string of the molecule is CCCc1nnc(NCCc2c[nH]c3ccccc23)s1. The van der Waals surface area contributed by atoms with Gasteiger partial charge in [-0.3, -0.25) is 0 Å². The third-order valence-electron chi connectivity index (χ3n) is 3.28. The van der Waals surface area contributed by atoms with Crippen molar-refractivity contribution in [2.75, 3.05) is 11.9 Å². The third-order valence-corrected chi connectivity index (χ3v) is 4.22. The lowest BCUT2D eigenvalue weighted by Crippen LogP contribution is -2.04. The fraction of sp³-hybridized carbons (Fsp3) is 0.333. The summed E-state index contributed by atoms with van der Waals surface area (Å²) in [6.07, 6.45) is 5.20. The van der Waals surface area contributed by atoms with E-state index in [0.717, 1.165) is 35.9 Å². The Morgan fingerprint density at radius 1 is 1.20 bits per heavy atom. The van der Waals surface area contributed by atoms with Crippen LogP contribution in [0, 0.1) is 0 Å². The standard InChI is InChI=1S/C15H18N4S/c1-2-5-14-18-19-15(20-14)16-9-8-11-10-17-13-7-4-3-6-12(11)13/h3-4,6-7,10,17H,2,5,8-9H2,1H3,(H,16,19). The Balaban J connectivity index is 1.59. The number of H-pyrrole nitrogens is 1. The lowest BCUT2D eigenvalue weighted by molar-refractivity contribution is 0.877. The van der Waals surface area contributed by atoms with Crippen molar-refractivity contribution in [2.24, 2.45) is 0 Å². The predicted octanol–water partition coefficient (Wildman–Crippen LogP) is 3.63. The monoisotopic (exact) mass is 286 g/mol. The quantitative estimate of drug-likeness (QED) is 0.727. The normalized spacial score (nSPS) is 11.1. The first-order valence-corrected chi connectivity index (χ1v) is 7.79. The maximum absolute atomic E-state index is 4.17. The van der Waals surface area contributed by atoms with Gasteiger partial charge in [-0.1, -0.05) is 36.5 Å². The van der Waals surface area contributed by atoms with Crippen molar-refractivity contribution in [3.8, 4) is 0 Å². The maximum Gasteiger partial charge on any atom is 0.205 e. The Morgan fingerprint density at radius 3 is 3.00 bits per heavy atom. The van der Waals surface area contributed by atoms with Crippen LogP contribution in [0.1, 0.15) is 23.9 Å². The number of nitrogens with zero attached hydrogens (tertiary/aromatic N) is 2. The molecule has 0 fully saturated rings. The number of aromatic nitrogens is 3. The zero-order valence-corrected chi connectivity index (χ0v) is 12.3. The number of anilines is 1. The summed E-state index contributed by atoms with van der Waals surface area (Å²) in [6, 6.07) is 8.39. The van der Waals surface area contributed by atoms with E-state index in [4.69, 9.17) is 0 Å². The van der Waals surface area contributed by atoms with Crippen LogP contribution in [-0.4, -0.2) is 21.7 Å². The molecule has 0 spiro atoms. The average Bonchev–Trinajstić information content (AvgIpc) is 3.07. The lowest BCUT2D eigenvalue weighted by atomic mass is 10.1. The molecule has 104 valence electrons. The van der Waals surface area contributed by atoms with Crippen molar-refractivity contribution < 1.29 is 0 Å². The summed E-state index contributed by atoms with van der Waals surface area (Å²) in [7, 11) is 0. The van der Waals surface area contributed by atoms with Crippen LogP contribution in [0.2, 0.25) is 0 Å². The summed E-state index contributed by atoms with van der Waals surface area (Å²) < 4.78 is 0. The van der Waals surface area contributed by atoms with Crippen molar-refractivity contribution in [1.82, 2.24) is 15.2 Å². The first-order chi connectivity index (χ1) is 9.86. The van der Waals surface area contributed by atoms with Gasteiger partial charge in [-0.2, -0.15) is 0 Å². The maximum atomic E-state index is 4.17. The smallest absolute Gasteiger partial charge is 0.205 e. The van der Waals surface area contributed by atoms with Gasteiger partial charge in [0.2, 0.25) is 5.13 Å². The molecule has 2 aromatic heterocycles. The molecule has 0 saturated heterocycles. The second kappa shape index (κ2) is 6.05. The molecular formula is C15H18N4S. The molecule has 2 N–H and O–H groups in total. The number of nitrogens with one attached hydrogen (secondary N) is 2. The summed E-state index contributed by atoms with van der Waals surface area (Å²) in [6.45, 7) is 3.04. The number of fused-ring (bicyclic) bond motifs is 1. The van der Waals surface area contributed by atoms with Gasteiger partial charge in [0, 0.05) is 30.1 Å². The van der Waals surface area contributed by atoms with Gasteiger partial charge in [0.15, 0.2) is 0 Å². The molecule has 0 aliphatic heterocycles. The van der Waals surface area contributed by atoms with Crippen LogP contribution < -0.4 is 5.32 Å². The molecule has 3 rings (SSSR count). The van der Waals surface area contributed by atoms with Gasteiger partial charge in [-0.05, 0) is 24.5 Å². The summed E-state index contributed by atoms with van der Waals surface area (Å²) in [5, 5.41) is 15.0. The molecule has 20 heavy (non-hydrogen) atoms. The highest BCUT2D eigenvalue weighted by Gasteiger charge is 2.05. The highest BCUT2D eigenvalue weighted by molar-refractivity contribution is 7.15. The van der Waals surface area contributed by atoms with Crippen LogP contribution in [0.5, 0.6) is 0 Å². The molecule has 0 aliphatic carbocycles.